The molecule has 0 fully saturated rings. The summed E-state index contributed by atoms with van der Waals surface area (Å²) in [6, 6.07) is 19.7. The lowest BCUT2D eigenvalue weighted by Crippen LogP contribution is -2.08. The number of hydrogen-bond acceptors (Lipinski definition) is 4. The minimum atomic E-state index is -0.216. The van der Waals surface area contributed by atoms with Crippen molar-refractivity contribution in [3.05, 3.63) is 77.1 Å². The number of phenolic OH excluding ortho intramolecular Hbond substituents is 1. The predicted octanol–water partition coefficient (Wildman–Crippen LogP) is 3.97. The zero-order chi connectivity index (χ0) is 18.1. The van der Waals surface area contributed by atoms with Gasteiger partial charge in [-0.05, 0) is 53.2 Å². The first-order valence-corrected chi connectivity index (χ1v) is 8.11. The van der Waals surface area contributed by atoms with Crippen molar-refractivity contribution >= 4 is 10.8 Å². The topological polar surface area (TPSA) is 75.2 Å². The molecule has 1 heterocycles. The Morgan fingerprint density at radius 3 is 2.35 bits per heavy atom. The standard InChI is InChI=1S/C21H16N2O3/c1-26-18-8-5-13(6-9-18)19-12-20(25)23-21(22-19)16-3-2-15-11-17(24)7-4-14(15)10-16/h2-12,24H,1H3,(H,22,23,25). The Labute approximate surface area is 149 Å². The van der Waals surface area contributed by atoms with Gasteiger partial charge in [0.2, 0.25) is 0 Å². The van der Waals surface area contributed by atoms with Crippen LogP contribution in [0.4, 0.5) is 0 Å². The van der Waals surface area contributed by atoms with Crippen LogP contribution in [0.25, 0.3) is 33.4 Å². The monoisotopic (exact) mass is 344 g/mol. The maximum atomic E-state index is 12.1. The van der Waals surface area contributed by atoms with Crippen molar-refractivity contribution in [1.29, 1.82) is 0 Å². The molecule has 2 N–H and O–H groups in total. The molecule has 0 bridgehead atoms. The lowest BCUT2D eigenvalue weighted by Gasteiger charge is -2.07. The van der Waals surface area contributed by atoms with Crippen molar-refractivity contribution in [3.8, 4) is 34.1 Å². The average Bonchev–Trinajstić information content (AvgIpc) is 2.67. The molecule has 0 radical (unpaired) electrons. The molecular formula is C21H16N2O3. The smallest absolute Gasteiger partial charge is 0.251 e. The Bertz CT molecular complexity index is 1150. The number of benzene rings is 3. The van der Waals surface area contributed by atoms with Crippen LogP contribution in [0, 0.1) is 0 Å². The quantitative estimate of drug-likeness (QED) is 0.590. The average molecular weight is 344 g/mol. The highest BCUT2D eigenvalue weighted by molar-refractivity contribution is 5.87. The molecule has 26 heavy (non-hydrogen) atoms. The zero-order valence-electron chi connectivity index (χ0n) is 14.1. The number of hydrogen-bond donors (Lipinski definition) is 2. The fourth-order valence-corrected chi connectivity index (χ4v) is 2.88. The van der Waals surface area contributed by atoms with Crippen molar-refractivity contribution in [3.63, 3.8) is 0 Å². The number of methoxy groups -OCH3 is 1. The van der Waals surface area contributed by atoms with Crippen LogP contribution in [0.15, 0.2) is 71.5 Å². The number of nitrogens with one attached hydrogen (secondary N) is 1. The molecule has 0 aliphatic rings. The molecule has 0 amide bonds. The molecule has 0 saturated heterocycles. The number of aromatic hydroxyl groups is 1. The van der Waals surface area contributed by atoms with Crippen LogP contribution < -0.4 is 10.3 Å². The molecule has 128 valence electrons. The number of fused-ring (bicyclic) bond motifs is 1. The van der Waals surface area contributed by atoms with Crippen LogP contribution >= 0.6 is 0 Å². The minimum Gasteiger partial charge on any atom is -0.508 e. The molecule has 4 aromatic rings. The Morgan fingerprint density at radius 1 is 0.885 bits per heavy atom. The van der Waals surface area contributed by atoms with E-state index in [4.69, 9.17) is 4.74 Å². The van der Waals surface area contributed by atoms with E-state index in [1.165, 1.54) is 6.07 Å². The second kappa shape index (κ2) is 6.37. The lowest BCUT2D eigenvalue weighted by molar-refractivity contribution is 0.415. The van der Waals surface area contributed by atoms with E-state index in [9.17, 15) is 9.90 Å². The van der Waals surface area contributed by atoms with Gasteiger partial charge in [0.05, 0.1) is 12.8 Å². The summed E-state index contributed by atoms with van der Waals surface area (Å²) < 4.78 is 5.16. The molecule has 1 aromatic heterocycles. The van der Waals surface area contributed by atoms with Gasteiger partial charge in [0.1, 0.15) is 17.3 Å². The number of nitrogens with zero attached hydrogens (tertiary/aromatic N) is 1. The molecule has 0 saturated carbocycles. The highest BCUT2D eigenvalue weighted by Crippen LogP contribution is 2.26. The molecule has 0 spiro atoms. The van der Waals surface area contributed by atoms with Crippen LogP contribution in [-0.2, 0) is 0 Å². The van der Waals surface area contributed by atoms with Crippen molar-refractivity contribution < 1.29 is 9.84 Å². The largest absolute Gasteiger partial charge is 0.508 e. The van der Waals surface area contributed by atoms with Crippen LogP contribution in [-0.4, -0.2) is 22.2 Å². The molecule has 4 rings (SSSR count). The number of aromatic amines is 1. The van der Waals surface area contributed by atoms with Gasteiger partial charge in [-0.15, -0.1) is 0 Å². The van der Waals surface area contributed by atoms with Crippen LogP contribution in [0.1, 0.15) is 0 Å². The van der Waals surface area contributed by atoms with E-state index in [0.717, 1.165) is 27.6 Å². The summed E-state index contributed by atoms with van der Waals surface area (Å²) in [6.45, 7) is 0. The van der Waals surface area contributed by atoms with E-state index in [2.05, 4.69) is 9.97 Å². The molecule has 5 heteroatoms. The Morgan fingerprint density at radius 2 is 1.58 bits per heavy atom. The minimum absolute atomic E-state index is 0.216. The van der Waals surface area contributed by atoms with Gasteiger partial charge in [0, 0.05) is 17.2 Å². The summed E-state index contributed by atoms with van der Waals surface area (Å²) in [7, 11) is 1.61. The van der Waals surface area contributed by atoms with E-state index in [0.29, 0.717) is 11.5 Å². The number of ether oxygens (including phenoxy) is 1. The van der Waals surface area contributed by atoms with Crippen molar-refractivity contribution in [2.75, 3.05) is 7.11 Å². The molecule has 0 unspecified atom stereocenters. The van der Waals surface area contributed by atoms with Gasteiger partial charge in [-0.1, -0.05) is 18.2 Å². The van der Waals surface area contributed by atoms with Gasteiger partial charge in [0.25, 0.3) is 5.56 Å². The van der Waals surface area contributed by atoms with Gasteiger partial charge >= 0.3 is 0 Å². The summed E-state index contributed by atoms with van der Waals surface area (Å²) >= 11 is 0. The third-order valence-corrected chi connectivity index (χ3v) is 4.22. The molecule has 5 nitrogen and oxygen atoms in total. The van der Waals surface area contributed by atoms with E-state index in [-0.39, 0.29) is 11.3 Å². The van der Waals surface area contributed by atoms with Gasteiger partial charge in [-0.2, -0.15) is 0 Å². The fourth-order valence-electron chi connectivity index (χ4n) is 2.88. The van der Waals surface area contributed by atoms with Crippen molar-refractivity contribution in [2.45, 2.75) is 0 Å². The van der Waals surface area contributed by atoms with E-state index in [1.54, 1.807) is 19.2 Å². The van der Waals surface area contributed by atoms with Crippen molar-refractivity contribution in [2.24, 2.45) is 0 Å². The lowest BCUT2D eigenvalue weighted by atomic mass is 10.1. The second-order valence-corrected chi connectivity index (χ2v) is 5.95. The van der Waals surface area contributed by atoms with Gasteiger partial charge in [-0.3, -0.25) is 4.79 Å². The number of rotatable bonds is 3. The molecular weight excluding hydrogens is 328 g/mol. The maximum Gasteiger partial charge on any atom is 0.251 e. The first-order valence-electron chi connectivity index (χ1n) is 8.11. The fraction of sp³-hybridized carbons (Fsp3) is 0.0476. The zero-order valence-corrected chi connectivity index (χ0v) is 14.1. The summed E-state index contributed by atoms with van der Waals surface area (Å²) in [5.41, 5.74) is 2.02. The molecule has 3 aromatic carbocycles. The van der Waals surface area contributed by atoms with Gasteiger partial charge in [-0.25, -0.2) is 4.98 Å². The Hall–Kier alpha value is -3.60. The van der Waals surface area contributed by atoms with Gasteiger partial charge < -0.3 is 14.8 Å². The second-order valence-electron chi connectivity index (χ2n) is 5.95. The number of aromatic nitrogens is 2. The third kappa shape index (κ3) is 3.02. The van der Waals surface area contributed by atoms with E-state index < -0.39 is 0 Å². The highest BCUT2D eigenvalue weighted by atomic mass is 16.5. The summed E-state index contributed by atoms with van der Waals surface area (Å²) in [4.78, 5) is 19.5. The Balaban J connectivity index is 1.80. The third-order valence-electron chi connectivity index (χ3n) is 4.22. The van der Waals surface area contributed by atoms with Crippen molar-refractivity contribution in [1.82, 2.24) is 9.97 Å². The molecule has 0 atom stereocenters. The summed E-state index contributed by atoms with van der Waals surface area (Å²) in [5.74, 6) is 1.47. The SMILES string of the molecule is COc1ccc(-c2cc(=O)[nH]c(-c3ccc4cc(O)ccc4c3)n2)cc1. The van der Waals surface area contributed by atoms with Crippen LogP contribution in [0.3, 0.4) is 0 Å². The number of phenols is 1. The summed E-state index contributed by atoms with van der Waals surface area (Å²) in [5, 5.41) is 11.5. The normalized spacial score (nSPS) is 10.8. The highest BCUT2D eigenvalue weighted by Gasteiger charge is 2.08. The predicted molar refractivity (Wildman–Crippen MR) is 101 cm³/mol. The van der Waals surface area contributed by atoms with E-state index in [1.807, 2.05) is 48.5 Å². The van der Waals surface area contributed by atoms with Gasteiger partial charge in [0.15, 0.2) is 0 Å². The summed E-state index contributed by atoms with van der Waals surface area (Å²) in [6.07, 6.45) is 0. The molecule has 0 aliphatic carbocycles. The number of H-pyrrole nitrogens is 1. The molecule has 0 aliphatic heterocycles. The van der Waals surface area contributed by atoms with Crippen LogP contribution in [0.2, 0.25) is 0 Å². The Kier molecular flexibility index (Phi) is 3.89. The maximum absolute atomic E-state index is 12.1. The first-order chi connectivity index (χ1) is 12.6. The first kappa shape index (κ1) is 15.9. The van der Waals surface area contributed by atoms with Crippen LogP contribution in [0.5, 0.6) is 11.5 Å². The van der Waals surface area contributed by atoms with E-state index >= 15 is 0 Å².